The third-order valence-corrected chi connectivity index (χ3v) is 2.98. The molecule has 1 saturated carbocycles. The van der Waals surface area contributed by atoms with E-state index in [-0.39, 0.29) is 30.3 Å². The summed E-state index contributed by atoms with van der Waals surface area (Å²) in [6, 6.07) is 0.209. The minimum atomic E-state index is -0.511. The Morgan fingerprint density at radius 2 is 2.07 bits per heavy atom. The van der Waals surface area contributed by atoms with Gasteiger partial charge in [-0.1, -0.05) is 6.92 Å². The molecule has 1 aliphatic rings. The minimum absolute atomic E-state index is 0.0239. The summed E-state index contributed by atoms with van der Waals surface area (Å²) >= 11 is 0. The van der Waals surface area contributed by atoms with Crippen molar-refractivity contribution in [2.24, 2.45) is 23.3 Å². The molecule has 86 valence electrons. The summed E-state index contributed by atoms with van der Waals surface area (Å²) in [6.07, 6.45) is 2.54. The molecule has 0 heterocycles. The first-order chi connectivity index (χ1) is 7.00. The van der Waals surface area contributed by atoms with Gasteiger partial charge in [0.1, 0.15) is 0 Å². The summed E-state index contributed by atoms with van der Waals surface area (Å²) in [6.45, 7) is 1.95. The van der Waals surface area contributed by atoms with Gasteiger partial charge in [0, 0.05) is 12.0 Å². The number of amides is 2. The van der Waals surface area contributed by atoms with Crippen LogP contribution in [0, 0.1) is 11.8 Å². The van der Waals surface area contributed by atoms with Gasteiger partial charge in [0.15, 0.2) is 0 Å². The van der Waals surface area contributed by atoms with Gasteiger partial charge in [0.2, 0.25) is 11.8 Å². The van der Waals surface area contributed by atoms with Gasteiger partial charge in [-0.25, -0.2) is 0 Å². The Morgan fingerprint density at radius 3 is 2.60 bits per heavy atom. The lowest BCUT2D eigenvalue weighted by atomic mass is 9.78. The van der Waals surface area contributed by atoms with Crippen LogP contribution in [0.5, 0.6) is 0 Å². The highest BCUT2D eigenvalue weighted by molar-refractivity contribution is 5.85. The number of hydrogen-bond donors (Lipinski definition) is 3. The topological polar surface area (TPSA) is 98.2 Å². The monoisotopic (exact) mass is 213 g/mol. The Hall–Kier alpha value is -1.10. The molecule has 0 aliphatic heterocycles. The molecule has 0 spiro atoms. The normalized spacial score (nSPS) is 30.9. The first kappa shape index (κ1) is 12.0. The van der Waals surface area contributed by atoms with E-state index < -0.39 is 5.91 Å². The number of primary amides is 1. The average Bonchev–Trinajstić information content (AvgIpc) is 2.14. The van der Waals surface area contributed by atoms with Crippen molar-refractivity contribution < 1.29 is 9.59 Å². The maximum atomic E-state index is 11.7. The smallest absolute Gasteiger partial charge is 0.236 e. The van der Waals surface area contributed by atoms with E-state index in [0.29, 0.717) is 0 Å². The van der Waals surface area contributed by atoms with E-state index in [4.69, 9.17) is 11.5 Å². The Kier molecular flexibility index (Phi) is 4.08. The molecule has 2 amide bonds. The predicted octanol–water partition coefficient (Wildman–Crippen LogP) is -0.649. The second-order valence-electron chi connectivity index (χ2n) is 4.34. The van der Waals surface area contributed by atoms with Gasteiger partial charge < -0.3 is 16.8 Å². The van der Waals surface area contributed by atoms with Crippen LogP contribution < -0.4 is 16.8 Å². The lowest BCUT2D eigenvalue weighted by Gasteiger charge is -2.31. The fourth-order valence-electron chi connectivity index (χ4n) is 2.13. The second-order valence-corrected chi connectivity index (χ2v) is 4.34. The van der Waals surface area contributed by atoms with E-state index in [9.17, 15) is 9.59 Å². The number of carbonyl (C=O) groups is 2. The first-order valence-electron chi connectivity index (χ1n) is 5.32. The summed E-state index contributed by atoms with van der Waals surface area (Å²) in [4.78, 5) is 22.2. The van der Waals surface area contributed by atoms with Crippen molar-refractivity contribution in [1.29, 1.82) is 0 Å². The fourth-order valence-corrected chi connectivity index (χ4v) is 2.13. The van der Waals surface area contributed by atoms with E-state index in [1.807, 2.05) is 6.92 Å². The molecular weight excluding hydrogens is 194 g/mol. The van der Waals surface area contributed by atoms with Gasteiger partial charge in [0.25, 0.3) is 0 Å². The van der Waals surface area contributed by atoms with Crippen LogP contribution in [0.25, 0.3) is 0 Å². The molecule has 5 N–H and O–H groups in total. The standard InChI is InChI=1S/C10H19N3O2/c1-6-4-7(11)2-3-8(6)10(15)13-5-9(12)14/h6-8H,2-5,11H2,1H3,(H2,12,14)(H,13,15). The van der Waals surface area contributed by atoms with Crippen molar-refractivity contribution in [2.45, 2.75) is 32.2 Å². The lowest BCUT2D eigenvalue weighted by molar-refractivity contribution is -0.129. The molecule has 1 fully saturated rings. The molecule has 0 saturated heterocycles. The zero-order valence-corrected chi connectivity index (χ0v) is 9.03. The predicted molar refractivity (Wildman–Crippen MR) is 56.7 cm³/mol. The van der Waals surface area contributed by atoms with Crippen molar-refractivity contribution in [3.05, 3.63) is 0 Å². The van der Waals surface area contributed by atoms with Crippen LogP contribution in [0.4, 0.5) is 0 Å². The maximum Gasteiger partial charge on any atom is 0.236 e. The van der Waals surface area contributed by atoms with Crippen LogP contribution in [-0.2, 0) is 9.59 Å². The zero-order valence-electron chi connectivity index (χ0n) is 9.03. The molecule has 1 aliphatic carbocycles. The number of nitrogens with one attached hydrogen (secondary N) is 1. The molecule has 5 heteroatoms. The van der Waals surface area contributed by atoms with Gasteiger partial charge in [-0.05, 0) is 25.2 Å². The van der Waals surface area contributed by atoms with Crippen LogP contribution in [-0.4, -0.2) is 24.4 Å². The third kappa shape index (κ3) is 3.51. The van der Waals surface area contributed by atoms with E-state index >= 15 is 0 Å². The van der Waals surface area contributed by atoms with Crippen molar-refractivity contribution in [3.8, 4) is 0 Å². The lowest BCUT2D eigenvalue weighted by Crippen LogP contribution is -2.43. The third-order valence-electron chi connectivity index (χ3n) is 2.98. The SMILES string of the molecule is CC1CC(N)CCC1C(=O)NCC(N)=O. The van der Waals surface area contributed by atoms with Crippen molar-refractivity contribution in [3.63, 3.8) is 0 Å². The Bertz CT molecular complexity index is 255. The second kappa shape index (κ2) is 5.11. The molecule has 3 atom stereocenters. The number of hydrogen-bond acceptors (Lipinski definition) is 3. The zero-order chi connectivity index (χ0) is 11.4. The molecular formula is C10H19N3O2. The number of nitrogens with two attached hydrogens (primary N) is 2. The van der Waals surface area contributed by atoms with Crippen LogP contribution in [0.1, 0.15) is 26.2 Å². The summed E-state index contributed by atoms with van der Waals surface area (Å²) in [5, 5.41) is 2.54. The molecule has 1 rings (SSSR count). The fraction of sp³-hybridized carbons (Fsp3) is 0.800. The minimum Gasteiger partial charge on any atom is -0.368 e. The average molecular weight is 213 g/mol. The summed E-state index contributed by atoms with van der Waals surface area (Å²) in [7, 11) is 0. The van der Waals surface area contributed by atoms with E-state index in [1.165, 1.54) is 0 Å². The highest BCUT2D eigenvalue weighted by atomic mass is 16.2. The van der Waals surface area contributed by atoms with Crippen LogP contribution in [0.3, 0.4) is 0 Å². The summed E-state index contributed by atoms with van der Waals surface area (Å²) in [5.74, 6) is -0.331. The van der Waals surface area contributed by atoms with Crippen LogP contribution in [0.15, 0.2) is 0 Å². The van der Waals surface area contributed by atoms with Crippen LogP contribution >= 0.6 is 0 Å². The van der Waals surface area contributed by atoms with Gasteiger partial charge in [-0.3, -0.25) is 9.59 Å². The molecule has 0 radical (unpaired) electrons. The van der Waals surface area contributed by atoms with Gasteiger partial charge in [-0.15, -0.1) is 0 Å². The van der Waals surface area contributed by atoms with Gasteiger partial charge >= 0.3 is 0 Å². The molecule has 15 heavy (non-hydrogen) atoms. The molecule has 0 aromatic carbocycles. The quantitative estimate of drug-likeness (QED) is 0.581. The van der Waals surface area contributed by atoms with E-state index in [1.54, 1.807) is 0 Å². The van der Waals surface area contributed by atoms with Crippen molar-refractivity contribution in [1.82, 2.24) is 5.32 Å². The number of carbonyl (C=O) groups excluding carboxylic acids is 2. The highest BCUT2D eigenvalue weighted by Gasteiger charge is 2.30. The first-order valence-corrected chi connectivity index (χ1v) is 5.32. The highest BCUT2D eigenvalue weighted by Crippen LogP contribution is 2.28. The maximum absolute atomic E-state index is 11.7. The van der Waals surface area contributed by atoms with Crippen LogP contribution in [0.2, 0.25) is 0 Å². The van der Waals surface area contributed by atoms with Crippen molar-refractivity contribution in [2.75, 3.05) is 6.54 Å². The molecule has 5 nitrogen and oxygen atoms in total. The Labute approximate surface area is 89.6 Å². The molecule has 3 unspecified atom stereocenters. The molecule has 0 aromatic heterocycles. The van der Waals surface area contributed by atoms with Crippen molar-refractivity contribution >= 4 is 11.8 Å². The van der Waals surface area contributed by atoms with E-state index in [0.717, 1.165) is 19.3 Å². The van der Waals surface area contributed by atoms with Gasteiger partial charge in [-0.2, -0.15) is 0 Å². The summed E-state index contributed by atoms with van der Waals surface area (Å²) in [5.41, 5.74) is 10.8. The largest absolute Gasteiger partial charge is 0.368 e. The Morgan fingerprint density at radius 1 is 1.40 bits per heavy atom. The number of rotatable bonds is 3. The molecule has 0 bridgehead atoms. The van der Waals surface area contributed by atoms with Gasteiger partial charge in [0.05, 0.1) is 6.54 Å². The summed E-state index contributed by atoms with van der Waals surface area (Å²) < 4.78 is 0. The molecule has 0 aromatic rings. The van der Waals surface area contributed by atoms with E-state index in [2.05, 4.69) is 5.32 Å². The Balaban J connectivity index is 2.42.